The fourth-order valence-electron chi connectivity index (χ4n) is 2.91. The number of amides is 1. The van der Waals surface area contributed by atoms with E-state index in [-0.39, 0.29) is 11.6 Å². The summed E-state index contributed by atoms with van der Waals surface area (Å²) >= 11 is 6.35. The number of aromatic nitrogens is 1. The van der Waals surface area contributed by atoms with Crippen molar-refractivity contribution < 1.29 is 13.9 Å². The summed E-state index contributed by atoms with van der Waals surface area (Å²) in [7, 11) is 1.58. The Morgan fingerprint density at radius 3 is 2.62 bits per heavy atom. The normalized spacial score (nSPS) is 11.0. The average molecular weight is 414 g/mol. The molecule has 0 aliphatic rings. The zero-order chi connectivity index (χ0) is 20.5. The molecule has 3 rings (SSSR count). The minimum atomic E-state index is -0.280. The number of hydrogen-bond donors (Lipinski definition) is 1. The second-order valence-corrected chi connectivity index (χ2v) is 7.00. The summed E-state index contributed by atoms with van der Waals surface area (Å²) in [5.74, 6) is 0.197. The maximum Gasteiger partial charge on any atom is 0.273 e. The molecule has 0 fully saturated rings. The number of nitrogens with zero attached hydrogens (tertiary/aromatic N) is 2. The summed E-state index contributed by atoms with van der Waals surface area (Å²) < 4.78 is 10.5. The quantitative estimate of drug-likeness (QED) is 0.510. The number of halogens is 1. The smallest absolute Gasteiger partial charge is 0.273 e. The lowest BCUT2D eigenvalue weighted by molar-refractivity contribution is 0.0932. The maximum absolute atomic E-state index is 12.1. The van der Waals surface area contributed by atoms with E-state index in [4.69, 9.17) is 20.8 Å². The lowest BCUT2D eigenvalue weighted by Gasteiger charge is -2.21. The number of nitrogens with one attached hydrogen (secondary N) is 1. The van der Waals surface area contributed by atoms with Crippen LogP contribution in [0.5, 0.6) is 0 Å². The Hall–Kier alpha value is -2.67. The van der Waals surface area contributed by atoms with Crippen molar-refractivity contribution >= 4 is 17.5 Å². The molecule has 2 aromatic carbocycles. The zero-order valence-electron chi connectivity index (χ0n) is 16.3. The van der Waals surface area contributed by atoms with E-state index in [9.17, 15) is 4.79 Å². The minimum absolute atomic E-state index is 0.258. The third-order valence-electron chi connectivity index (χ3n) is 4.34. The van der Waals surface area contributed by atoms with E-state index < -0.39 is 0 Å². The number of carbonyl (C=O) groups is 1. The molecule has 6 nitrogen and oxygen atoms in total. The first-order chi connectivity index (χ1) is 14.2. The van der Waals surface area contributed by atoms with Gasteiger partial charge in [-0.3, -0.25) is 9.69 Å². The fourth-order valence-corrected chi connectivity index (χ4v) is 3.11. The van der Waals surface area contributed by atoms with E-state index in [1.54, 1.807) is 7.11 Å². The zero-order valence-corrected chi connectivity index (χ0v) is 17.1. The Labute approximate surface area is 175 Å². The minimum Gasteiger partial charge on any atom is -0.447 e. The first kappa shape index (κ1) is 21.0. The molecule has 1 aromatic heterocycles. The van der Waals surface area contributed by atoms with E-state index in [1.807, 2.05) is 42.5 Å². The van der Waals surface area contributed by atoms with Crippen LogP contribution in [0.2, 0.25) is 5.02 Å². The number of hydrogen-bond acceptors (Lipinski definition) is 5. The van der Waals surface area contributed by atoms with Crippen LogP contribution in [-0.4, -0.2) is 36.1 Å². The standard InChI is InChI=1S/C22H24ClN3O3/c1-28-12-11-24-22(27)20-16-29-21(25-20)15-26(13-17-7-3-2-4-8-17)14-18-9-5-6-10-19(18)23/h2-10,16H,11-15H2,1H3,(H,24,27). The number of oxazole rings is 1. The molecule has 7 heteroatoms. The second-order valence-electron chi connectivity index (χ2n) is 6.60. The van der Waals surface area contributed by atoms with Gasteiger partial charge in [0.2, 0.25) is 5.89 Å². The fraction of sp³-hybridized carbons (Fsp3) is 0.273. The molecule has 1 amide bonds. The van der Waals surface area contributed by atoms with Gasteiger partial charge in [0, 0.05) is 31.8 Å². The van der Waals surface area contributed by atoms with Crippen molar-refractivity contribution in [3.05, 3.63) is 88.6 Å². The molecule has 0 unspecified atom stereocenters. The number of ether oxygens (including phenoxy) is 1. The molecule has 0 atom stereocenters. The molecule has 0 aliphatic heterocycles. The van der Waals surface area contributed by atoms with Crippen molar-refractivity contribution in [2.45, 2.75) is 19.6 Å². The Bertz CT molecular complexity index is 914. The summed E-state index contributed by atoms with van der Waals surface area (Å²) in [4.78, 5) is 18.6. The van der Waals surface area contributed by atoms with Gasteiger partial charge >= 0.3 is 0 Å². The topological polar surface area (TPSA) is 67.6 Å². The molecule has 1 heterocycles. The molecule has 0 radical (unpaired) electrons. The van der Waals surface area contributed by atoms with Crippen molar-refractivity contribution in [3.8, 4) is 0 Å². The highest BCUT2D eigenvalue weighted by molar-refractivity contribution is 6.31. The van der Waals surface area contributed by atoms with Gasteiger partial charge in [0.1, 0.15) is 6.26 Å². The van der Waals surface area contributed by atoms with Gasteiger partial charge in [-0.1, -0.05) is 60.1 Å². The lowest BCUT2D eigenvalue weighted by Crippen LogP contribution is -2.27. The monoisotopic (exact) mass is 413 g/mol. The van der Waals surface area contributed by atoms with E-state index in [2.05, 4.69) is 27.3 Å². The predicted octanol–water partition coefficient (Wildman–Crippen LogP) is 3.91. The van der Waals surface area contributed by atoms with Gasteiger partial charge in [-0.15, -0.1) is 0 Å². The van der Waals surface area contributed by atoms with Crippen molar-refractivity contribution in [1.82, 2.24) is 15.2 Å². The Balaban J connectivity index is 1.71. The van der Waals surface area contributed by atoms with E-state index >= 15 is 0 Å². The van der Waals surface area contributed by atoms with Crippen molar-refractivity contribution in [2.24, 2.45) is 0 Å². The third kappa shape index (κ3) is 6.42. The number of carbonyl (C=O) groups excluding carboxylic acids is 1. The number of methoxy groups -OCH3 is 1. The average Bonchev–Trinajstić information content (AvgIpc) is 3.19. The van der Waals surface area contributed by atoms with Gasteiger partial charge < -0.3 is 14.5 Å². The van der Waals surface area contributed by atoms with Gasteiger partial charge in [-0.2, -0.15) is 0 Å². The highest BCUT2D eigenvalue weighted by Gasteiger charge is 2.16. The van der Waals surface area contributed by atoms with E-state index in [1.165, 1.54) is 11.8 Å². The van der Waals surface area contributed by atoms with Gasteiger partial charge in [0.05, 0.1) is 13.2 Å². The molecule has 0 saturated heterocycles. The maximum atomic E-state index is 12.1. The highest BCUT2D eigenvalue weighted by atomic mass is 35.5. The van der Waals surface area contributed by atoms with Crippen molar-refractivity contribution in [1.29, 1.82) is 0 Å². The van der Waals surface area contributed by atoms with Crippen LogP contribution < -0.4 is 5.32 Å². The van der Waals surface area contributed by atoms with Gasteiger partial charge in [0.15, 0.2) is 5.69 Å². The molecule has 1 N–H and O–H groups in total. The van der Waals surface area contributed by atoms with Gasteiger partial charge in [0.25, 0.3) is 5.91 Å². The van der Waals surface area contributed by atoms with Crippen LogP contribution >= 0.6 is 11.6 Å². The van der Waals surface area contributed by atoms with E-state index in [0.29, 0.717) is 38.7 Å². The number of benzene rings is 2. The van der Waals surface area contributed by atoms with Gasteiger partial charge in [-0.25, -0.2) is 4.98 Å². The summed E-state index contributed by atoms with van der Waals surface area (Å²) in [5, 5.41) is 3.45. The van der Waals surface area contributed by atoms with Crippen LogP contribution in [-0.2, 0) is 24.4 Å². The molecule has 3 aromatic rings. The van der Waals surface area contributed by atoms with Crippen molar-refractivity contribution in [3.63, 3.8) is 0 Å². The molecule has 152 valence electrons. The SMILES string of the molecule is COCCNC(=O)c1coc(CN(Cc2ccccc2)Cc2ccccc2Cl)n1. The Kier molecular flexibility index (Phi) is 7.81. The first-order valence-corrected chi connectivity index (χ1v) is 9.74. The molecule has 0 bridgehead atoms. The van der Waals surface area contributed by atoms with Crippen LogP contribution in [0, 0.1) is 0 Å². The predicted molar refractivity (Wildman–Crippen MR) is 112 cm³/mol. The second kappa shape index (κ2) is 10.8. The van der Waals surface area contributed by atoms with Gasteiger partial charge in [-0.05, 0) is 17.2 Å². The molecular formula is C22H24ClN3O3. The van der Waals surface area contributed by atoms with Crippen LogP contribution in [0.4, 0.5) is 0 Å². The molecule has 0 aliphatic carbocycles. The van der Waals surface area contributed by atoms with E-state index in [0.717, 1.165) is 10.6 Å². The third-order valence-corrected chi connectivity index (χ3v) is 4.70. The number of rotatable bonds is 10. The van der Waals surface area contributed by atoms with Crippen LogP contribution in [0.3, 0.4) is 0 Å². The summed E-state index contributed by atoms with van der Waals surface area (Å²) in [6.45, 7) is 2.64. The largest absolute Gasteiger partial charge is 0.447 e. The summed E-state index contributed by atoms with van der Waals surface area (Å²) in [5.41, 5.74) is 2.45. The van der Waals surface area contributed by atoms with Crippen LogP contribution in [0.15, 0.2) is 65.3 Å². The molecule has 0 saturated carbocycles. The summed E-state index contributed by atoms with van der Waals surface area (Å²) in [6.07, 6.45) is 1.38. The highest BCUT2D eigenvalue weighted by Crippen LogP contribution is 2.20. The summed E-state index contributed by atoms with van der Waals surface area (Å²) in [6, 6.07) is 17.9. The molecular weight excluding hydrogens is 390 g/mol. The molecule has 29 heavy (non-hydrogen) atoms. The Morgan fingerprint density at radius 1 is 1.10 bits per heavy atom. The first-order valence-electron chi connectivity index (χ1n) is 9.37. The lowest BCUT2D eigenvalue weighted by atomic mass is 10.1. The Morgan fingerprint density at radius 2 is 1.86 bits per heavy atom. The van der Waals surface area contributed by atoms with Crippen LogP contribution in [0.25, 0.3) is 0 Å². The van der Waals surface area contributed by atoms with Crippen molar-refractivity contribution in [2.75, 3.05) is 20.3 Å². The van der Waals surface area contributed by atoms with Crippen LogP contribution in [0.1, 0.15) is 27.5 Å². The molecule has 0 spiro atoms.